The average Bonchev–Trinajstić information content (AvgIpc) is 3.41. The minimum Gasteiger partial charge on any atom is -0.463 e. The van der Waals surface area contributed by atoms with Gasteiger partial charge in [0.05, 0.1) is 23.6 Å². The molecule has 0 N–H and O–H groups in total. The number of fused-ring (bicyclic) bond motifs is 1. The fraction of sp³-hybridized carbons (Fsp3) is 0. The fourth-order valence-electron chi connectivity index (χ4n) is 3.13. The Morgan fingerprint density at radius 3 is 1.89 bits per heavy atom. The number of nitrogens with zero attached hydrogens (tertiary/aromatic N) is 2. The molecule has 0 aliphatic carbocycles. The minimum atomic E-state index is -0.297. The number of aromatic nitrogens is 2. The summed E-state index contributed by atoms with van der Waals surface area (Å²) < 4.78 is 26.1. The maximum absolute atomic E-state index is 14.3. The van der Waals surface area contributed by atoms with Crippen LogP contribution < -0.4 is 0 Å². The van der Waals surface area contributed by atoms with Crippen LogP contribution in [0.2, 0.25) is 0 Å². The Morgan fingerprint density at radius 2 is 1.32 bits per heavy atom. The molecule has 3 heterocycles. The Bertz CT molecular complexity index is 1280. The fourth-order valence-corrected chi connectivity index (χ4v) is 3.68. The Hall–Kier alpha value is -3.25. The zero-order chi connectivity index (χ0) is 19.1. The molecule has 136 valence electrons. The van der Waals surface area contributed by atoms with Gasteiger partial charge in [0.2, 0.25) is 0 Å². The standard InChI is InChI=1S/C22H12BrFN2O2/c23-15-12-18-17(11-14(15)13-5-1-2-6-16(13)24)25-21(19-7-3-9-27-19)22(26-18)20-8-4-10-28-20/h1-12H. The topological polar surface area (TPSA) is 52.1 Å². The molecule has 0 amide bonds. The molecule has 28 heavy (non-hydrogen) atoms. The van der Waals surface area contributed by atoms with E-state index in [4.69, 9.17) is 18.8 Å². The van der Waals surface area contributed by atoms with E-state index in [9.17, 15) is 4.39 Å². The molecule has 2 aromatic carbocycles. The molecule has 0 radical (unpaired) electrons. The number of hydrogen-bond donors (Lipinski definition) is 0. The summed E-state index contributed by atoms with van der Waals surface area (Å²) in [6.45, 7) is 0. The first-order valence-electron chi connectivity index (χ1n) is 8.54. The lowest BCUT2D eigenvalue weighted by Gasteiger charge is -2.10. The van der Waals surface area contributed by atoms with Crippen molar-refractivity contribution in [1.82, 2.24) is 9.97 Å². The zero-order valence-corrected chi connectivity index (χ0v) is 16.0. The van der Waals surface area contributed by atoms with Crippen molar-refractivity contribution in [3.63, 3.8) is 0 Å². The molecule has 0 bridgehead atoms. The van der Waals surface area contributed by atoms with Gasteiger partial charge in [0.1, 0.15) is 17.2 Å². The maximum atomic E-state index is 14.3. The quantitative estimate of drug-likeness (QED) is 0.316. The normalized spacial score (nSPS) is 11.2. The van der Waals surface area contributed by atoms with E-state index in [0.29, 0.717) is 45.1 Å². The number of benzene rings is 2. The SMILES string of the molecule is Fc1ccccc1-c1cc2nc(-c3ccco3)c(-c3ccco3)nc2cc1Br. The first kappa shape index (κ1) is 16.9. The second kappa shape index (κ2) is 6.73. The number of rotatable bonds is 3. The Kier molecular flexibility index (Phi) is 4.06. The smallest absolute Gasteiger partial charge is 0.154 e. The summed E-state index contributed by atoms with van der Waals surface area (Å²) in [4.78, 5) is 9.52. The van der Waals surface area contributed by atoms with Gasteiger partial charge in [0.15, 0.2) is 11.5 Å². The first-order chi connectivity index (χ1) is 13.7. The van der Waals surface area contributed by atoms with E-state index in [1.54, 1.807) is 42.9 Å². The Balaban J connectivity index is 1.79. The van der Waals surface area contributed by atoms with Gasteiger partial charge in [0, 0.05) is 15.6 Å². The molecule has 0 fully saturated rings. The van der Waals surface area contributed by atoms with Crippen molar-refractivity contribution in [3.8, 4) is 34.0 Å². The minimum absolute atomic E-state index is 0.297. The van der Waals surface area contributed by atoms with Crippen LogP contribution in [-0.4, -0.2) is 9.97 Å². The van der Waals surface area contributed by atoms with Gasteiger partial charge in [0.25, 0.3) is 0 Å². The largest absolute Gasteiger partial charge is 0.463 e. The lowest BCUT2D eigenvalue weighted by Crippen LogP contribution is -1.95. The summed E-state index contributed by atoms with van der Waals surface area (Å²) >= 11 is 3.54. The van der Waals surface area contributed by atoms with Crippen molar-refractivity contribution < 1.29 is 13.2 Å². The number of halogens is 2. The summed E-state index contributed by atoms with van der Waals surface area (Å²) in [6, 6.07) is 17.5. The predicted octanol–water partition coefficient (Wildman–Crippen LogP) is 6.72. The number of hydrogen-bond acceptors (Lipinski definition) is 4. The van der Waals surface area contributed by atoms with Crippen molar-refractivity contribution in [3.05, 3.63) is 83.5 Å². The van der Waals surface area contributed by atoms with E-state index in [1.165, 1.54) is 6.07 Å². The monoisotopic (exact) mass is 434 g/mol. The average molecular weight is 435 g/mol. The molecule has 0 saturated carbocycles. The molecule has 5 rings (SSSR count). The lowest BCUT2D eigenvalue weighted by molar-refractivity contribution is 0.572. The summed E-state index contributed by atoms with van der Waals surface area (Å²) in [7, 11) is 0. The van der Waals surface area contributed by atoms with Gasteiger partial charge in [-0.1, -0.05) is 34.1 Å². The summed E-state index contributed by atoms with van der Waals surface area (Å²) in [5.74, 6) is 0.875. The van der Waals surface area contributed by atoms with E-state index in [2.05, 4.69) is 15.9 Å². The third kappa shape index (κ3) is 2.82. The molecule has 0 saturated heterocycles. The van der Waals surface area contributed by atoms with Gasteiger partial charge in [-0.05, 0) is 42.5 Å². The highest BCUT2D eigenvalue weighted by Gasteiger charge is 2.19. The Labute approximate surface area is 167 Å². The maximum Gasteiger partial charge on any atom is 0.154 e. The van der Waals surface area contributed by atoms with Gasteiger partial charge in [-0.15, -0.1) is 0 Å². The van der Waals surface area contributed by atoms with E-state index >= 15 is 0 Å². The molecule has 0 aliphatic heterocycles. The second-order valence-corrected chi connectivity index (χ2v) is 7.03. The van der Waals surface area contributed by atoms with Gasteiger partial charge >= 0.3 is 0 Å². The van der Waals surface area contributed by atoms with E-state index in [1.807, 2.05) is 24.3 Å². The molecule has 6 heteroatoms. The molecule has 0 unspecified atom stereocenters. The highest BCUT2D eigenvalue weighted by atomic mass is 79.9. The molecule has 4 nitrogen and oxygen atoms in total. The lowest BCUT2D eigenvalue weighted by atomic mass is 10.0. The molecule has 0 atom stereocenters. The molecule has 0 aliphatic rings. The van der Waals surface area contributed by atoms with Crippen molar-refractivity contribution in [2.24, 2.45) is 0 Å². The molecular weight excluding hydrogens is 423 g/mol. The van der Waals surface area contributed by atoms with Gasteiger partial charge in [-0.2, -0.15) is 0 Å². The summed E-state index contributed by atoms with van der Waals surface area (Å²) in [5.41, 5.74) is 3.63. The highest BCUT2D eigenvalue weighted by molar-refractivity contribution is 9.10. The second-order valence-electron chi connectivity index (χ2n) is 6.18. The molecule has 5 aromatic rings. The van der Waals surface area contributed by atoms with Crippen LogP contribution in [0.5, 0.6) is 0 Å². The van der Waals surface area contributed by atoms with Gasteiger partial charge in [-0.3, -0.25) is 0 Å². The van der Waals surface area contributed by atoms with Crippen LogP contribution in [0, 0.1) is 5.82 Å². The van der Waals surface area contributed by atoms with Crippen molar-refractivity contribution in [1.29, 1.82) is 0 Å². The predicted molar refractivity (Wildman–Crippen MR) is 108 cm³/mol. The zero-order valence-electron chi connectivity index (χ0n) is 14.4. The van der Waals surface area contributed by atoms with Crippen LogP contribution in [0.3, 0.4) is 0 Å². The van der Waals surface area contributed by atoms with Crippen LogP contribution in [0.25, 0.3) is 45.1 Å². The van der Waals surface area contributed by atoms with Crippen LogP contribution in [0.1, 0.15) is 0 Å². The summed E-state index contributed by atoms with van der Waals surface area (Å²) in [5, 5.41) is 0. The number of furan rings is 2. The highest BCUT2D eigenvalue weighted by Crippen LogP contribution is 2.36. The van der Waals surface area contributed by atoms with Crippen LogP contribution in [-0.2, 0) is 0 Å². The van der Waals surface area contributed by atoms with Crippen molar-refractivity contribution in [2.45, 2.75) is 0 Å². The van der Waals surface area contributed by atoms with Crippen LogP contribution >= 0.6 is 15.9 Å². The van der Waals surface area contributed by atoms with Gasteiger partial charge < -0.3 is 8.83 Å². The van der Waals surface area contributed by atoms with E-state index in [-0.39, 0.29) is 5.82 Å². The van der Waals surface area contributed by atoms with Gasteiger partial charge in [-0.25, -0.2) is 14.4 Å². The molecule has 0 spiro atoms. The van der Waals surface area contributed by atoms with Crippen LogP contribution in [0.15, 0.2) is 86.5 Å². The van der Waals surface area contributed by atoms with Crippen molar-refractivity contribution in [2.75, 3.05) is 0 Å². The third-order valence-electron chi connectivity index (χ3n) is 4.43. The Morgan fingerprint density at radius 1 is 0.714 bits per heavy atom. The van der Waals surface area contributed by atoms with E-state index in [0.717, 1.165) is 4.47 Å². The molecular formula is C22H12BrFN2O2. The first-order valence-corrected chi connectivity index (χ1v) is 9.34. The third-order valence-corrected chi connectivity index (χ3v) is 5.08. The van der Waals surface area contributed by atoms with Crippen LogP contribution in [0.4, 0.5) is 4.39 Å². The summed E-state index contributed by atoms with van der Waals surface area (Å²) in [6.07, 6.45) is 3.17. The molecule has 3 aromatic heterocycles. The van der Waals surface area contributed by atoms with E-state index < -0.39 is 0 Å². The van der Waals surface area contributed by atoms with Crippen molar-refractivity contribution >= 4 is 27.0 Å².